The van der Waals surface area contributed by atoms with Gasteiger partial charge in [-0.1, -0.05) is 20.8 Å². The number of hydrogen-bond acceptors (Lipinski definition) is 2. The first kappa shape index (κ1) is 12.5. The van der Waals surface area contributed by atoms with Crippen LogP contribution in [0.5, 0.6) is 0 Å². The number of nitrogens with zero attached hydrogens (tertiary/aromatic N) is 1. The van der Waals surface area contributed by atoms with E-state index in [2.05, 4.69) is 27.7 Å². The van der Waals surface area contributed by atoms with E-state index < -0.39 is 0 Å². The number of amides is 1. The van der Waals surface area contributed by atoms with Crippen LogP contribution in [0.15, 0.2) is 0 Å². The number of carbonyl (C=O) groups is 1. The number of rotatable bonds is 2. The Kier molecular flexibility index (Phi) is 3.77. The molecule has 0 bridgehead atoms. The van der Waals surface area contributed by atoms with Crippen LogP contribution in [0, 0.1) is 5.41 Å². The third kappa shape index (κ3) is 3.20. The van der Waals surface area contributed by atoms with Gasteiger partial charge < -0.3 is 10.6 Å². The smallest absolute Gasteiger partial charge is 0.224 e. The van der Waals surface area contributed by atoms with Gasteiger partial charge in [0.2, 0.25) is 5.91 Å². The second-order valence-electron chi connectivity index (χ2n) is 5.76. The van der Waals surface area contributed by atoms with E-state index in [0.29, 0.717) is 12.5 Å². The Hall–Kier alpha value is -0.570. The van der Waals surface area contributed by atoms with E-state index in [4.69, 9.17) is 5.73 Å². The molecule has 88 valence electrons. The average molecular weight is 212 g/mol. The van der Waals surface area contributed by atoms with E-state index in [9.17, 15) is 4.79 Å². The van der Waals surface area contributed by atoms with Crippen molar-refractivity contribution in [2.45, 2.75) is 59.0 Å². The molecule has 1 amide bonds. The van der Waals surface area contributed by atoms with Gasteiger partial charge in [-0.2, -0.15) is 0 Å². The first-order valence-electron chi connectivity index (χ1n) is 5.87. The Morgan fingerprint density at radius 1 is 1.53 bits per heavy atom. The normalized spacial score (nSPS) is 24.3. The predicted octanol–water partition coefficient (Wildman–Crippen LogP) is 1.76. The van der Waals surface area contributed by atoms with Crippen molar-refractivity contribution in [2.24, 2.45) is 11.1 Å². The molecule has 2 atom stereocenters. The van der Waals surface area contributed by atoms with Gasteiger partial charge in [0.1, 0.15) is 0 Å². The molecule has 15 heavy (non-hydrogen) atoms. The quantitative estimate of drug-likeness (QED) is 0.758. The van der Waals surface area contributed by atoms with E-state index >= 15 is 0 Å². The lowest BCUT2D eigenvalue weighted by molar-refractivity contribution is -0.132. The van der Waals surface area contributed by atoms with Crippen LogP contribution < -0.4 is 5.73 Å². The molecule has 0 aliphatic carbocycles. The van der Waals surface area contributed by atoms with Gasteiger partial charge >= 0.3 is 0 Å². The summed E-state index contributed by atoms with van der Waals surface area (Å²) >= 11 is 0. The molecule has 0 saturated carbocycles. The standard InChI is InChI=1S/C12H24N2O/c1-9-6-5-7-14(9)11(15)8-10(13)12(2,3)4/h9-10H,5-8,13H2,1-4H3. The van der Waals surface area contributed by atoms with Gasteiger partial charge in [0.15, 0.2) is 0 Å². The van der Waals surface area contributed by atoms with Gasteiger partial charge in [0, 0.05) is 25.0 Å². The summed E-state index contributed by atoms with van der Waals surface area (Å²) in [4.78, 5) is 13.9. The molecule has 0 aromatic carbocycles. The number of carbonyl (C=O) groups excluding carboxylic acids is 1. The second kappa shape index (κ2) is 4.52. The Bertz CT molecular complexity index is 232. The fourth-order valence-electron chi connectivity index (χ4n) is 1.92. The fourth-order valence-corrected chi connectivity index (χ4v) is 1.92. The van der Waals surface area contributed by atoms with Gasteiger partial charge in [-0.25, -0.2) is 0 Å². The van der Waals surface area contributed by atoms with Crippen molar-refractivity contribution in [1.82, 2.24) is 4.90 Å². The molecule has 1 aliphatic rings. The lowest BCUT2D eigenvalue weighted by Crippen LogP contribution is -2.42. The van der Waals surface area contributed by atoms with Crippen LogP contribution in [0.25, 0.3) is 0 Å². The highest BCUT2D eigenvalue weighted by Crippen LogP contribution is 2.23. The summed E-state index contributed by atoms with van der Waals surface area (Å²) in [6.45, 7) is 9.28. The van der Waals surface area contributed by atoms with Crippen LogP contribution in [0.3, 0.4) is 0 Å². The molecule has 1 fully saturated rings. The Balaban J connectivity index is 2.48. The number of hydrogen-bond donors (Lipinski definition) is 1. The van der Waals surface area contributed by atoms with Gasteiger partial charge in [-0.3, -0.25) is 4.79 Å². The first-order chi connectivity index (χ1) is 6.82. The molecule has 1 rings (SSSR count). The van der Waals surface area contributed by atoms with Crippen molar-refractivity contribution in [3.63, 3.8) is 0 Å². The molecule has 2 unspecified atom stereocenters. The zero-order chi connectivity index (χ0) is 11.6. The summed E-state index contributed by atoms with van der Waals surface area (Å²) in [6, 6.07) is 0.363. The monoisotopic (exact) mass is 212 g/mol. The summed E-state index contributed by atoms with van der Waals surface area (Å²) in [6.07, 6.45) is 2.75. The van der Waals surface area contributed by atoms with Crippen molar-refractivity contribution < 1.29 is 4.79 Å². The highest BCUT2D eigenvalue weighted by Gasteiger charge is 2.29. The molecule has 1 aliphatic heterocycles. The lowest BCUT2D eigenvalue weighted by atomic mass is 9.85. The van der Waals surface area contributed by atoms with Crippen LogP contribution in [0.2, 0.25) is 0 Å². The van der Waals surface area contributed by atoms with Crippen LogP contribution >= 0.6 is 0 Å². The molecule has 3 heteroatoms. The summed E-state index contributed by atoms with van der Waals surface area (Å²) in [5, 5.41) is 0. The van der Waals surface area contributed by atoms with Crippen molar-refractivity contribution in [2.75, 3.05) is 6.54 Å². The molecule has 0 radical (unpaired) electrons. The van der Waals surface area contributed by atoms with Gasteiger partial charge in [-0.05, 0) is 25.2 Å². The predicted molar refractivity (Wildman–Crippen MR) is 62.5 cm³/mol. The summed E-state index contributed by atoms with van der Waals surface area (Å²) in [5.74, 6) is 0.224. The Morgan fingerprint density at radius 3 is 2.53 bits per heavy atom. The molecular formula is C12H24N2O. The van der Waals surface area contributed by atoms with Gasteiger partial charge in [-0.15, -0.1) is 0 Å². The largest absolute Gasteiger partial charge is 0.340 e. The molecule has 1 saturated heterocycles. The van der Waals surface area contributed by atoms with E-state index in [1.165, 1.54) is 0 Å². The van der Waals surface area contributed by atoms with Crippen molar-refractivity contribution in [1.29, 1.82) is 0 Å². The van der Waals surface area contributed by atoms with E-state index in [-0.39, 0.29) is 17.4 Å². The van der Waals surface area contributed by atoms with Gasteiger partial charge in [0.05, 0.1) is 0 Å². The topological polar surface area (TPSA) is 46.3 Å². The summed E-state index contributed by atoms with van der Waals surface area (Å²) < 4.78 is 0. The van der Waals surface area contributed by atoms with E-state index in [1.54, 1.807) is 0 Å². The molecular weight excluding hydrogens is 188 g/mol. The van der Waals surface area contributed by atoms with Gasteiger partial charge in [0.25, 0.3) is 0 Å². The maximum Gasteiger partial charge on any atom is 0.224 e. The minimum absolute atomic E-state index is 0.0125. The minimum Gasteiger partial charge on any atom is -0.340 e. The zero-order valence-corrected chi connectivity index (χ0v) is 10.4. The van der Waals surface area contributed by atoms with Crippen molar-refractivity contribution >= 4 is 5.91 Å². The molecule has 0 aromatic heterocycles. The molecule has 1 heterocycles. The van der Waals surface area contributed by atoms with Crippen LogP contribution in [0.4, 0.5) is 0 Å². The SMILES string of the molecule is CC1CCCN1C(=O)CC(N)C(C)(C)C. The molecule has 2 N–H and O–H groups in total. The zero-order valence-electron chi connectivity index (χ0n) is 10.4. The molecule has 0 aromatic rings. The Labute approximate surface area is 93.0 Å². The van der Waals surface area contributed by atoms with Crippen molar-refractivity contribution in [3.8, 4) is 0 Å². The summed E-state index contributed by atoms with van der Waals surface area (Å²) in [7, 11) is 0. The number of likely N-dealkylation sites (tertiary alicyclic amines) is 1. The third-order valence-corrected chi connectivity index (χ3v) is 3.38. The maximum absolute atomic E-state index is 12.0. The summed E-state index contributed by atoms with van der Waals surface area (Å²) in [5.41, 5.74) is 6.03. The maximum atomic E-state index is 12.0. The van der Waals surface area contributed by atoms with Crippen LogP contribution in [-0.2, 0) is 4.79 Å². The molecule has 0 spiro atoms. The third-order valence-electron chi connectivity index (χ3n) is 3.38. The van der Waals surface area contributed by atoms with Crippen LogP contribution in [0.1, 0.15) is 47.0 Å². The van der Waals surface area contributed by atoms with E-state index in [1.807, 2.05) is 4.90 Å². The Morgan fingerprint density at radius 2 is 2.13 bits per heavy atom. The second-order valence-corrected chi connectivity index (χ2v) is 5.76. The highest BCUT2D eigenvalue weighted by molar-refractivity contribution is 5.77. The fraction of sp³-hybridized carbons (Fsp3) is 0.917. The van der Waals surface area contributed by atoms with E-state index in [0.717, 1.165) is 19.4 Å². The first-order valence-corrected chi connectivity index (χ1v) is 5.87. The van der Waals surface area contributed by atoms with Crippen molar-refractivity contribution in [3.05, 3.63) is 0 Å². The lowest BCUT2D eigenvalue weighted by Gasteiger charge is -2.29. The van der Waals surface area contributed by atoms with Crippen LogP contribution in [-0.4, -0.2) is 29.4 Å². The average Bonchev–Trinajstić information content (AvgIpc) is 2.49. The minimum atomic E-state index is -0.0437. The highest BCUT2D eigenvalue weighted by atomic mass is 16.2. The number of nitrogens with two attached hydrogens (primary N) is 1. The molecule has 3 nitrogen and oxygen atoms in total.